The van der Waals surface area contributed by atoms with Gasteiger partial charge in [-0.15, -0.1) is 0 Å². The van der Waals surface area contributed by atoms with Gasteiger partial charge in [0.15, 0.2) is 0 Å². The lowest BCUT2D eigenvalue weighted by atomic mass is 10.2. The summed E-state index contributed by atoms with van der Waals surface area (Å²) in [5, 5.41) is 5.94. The average Bonchev–Trinajstić information content (AvgIpc) is 2.61. The molecule has 0 spiro atoms. The Morgan fingerprint density at radius 3 is 2.56 bits per heavy atom. The maximum absolute atomic E-state index is 11.4. The molecule has 1 aromatic carbocycles. The zero-order valence-electron chi connectivity index (χ0n) is 8.93. The fourth-order valence-electron chi connectivity index (χ4n) is 1.35. The Hall–Kier alpha value is -1.13. The molecule has 5 heteroatoms. The van der Waals surface area contributed by atoms with Crippen LogP contribution < -0.4 is 5.56 Å². The SMILES string of the molecule is Cc1cc(Sc2c[nH][nH]c2=O)c(C)cc1Cl. The van der Waals surface area contributed by atoms with Crippen LogP contribution in [0.15, 0.2) is 32.9 Å². The fourth-order valence-corrected chi connectivity index (χ4v) is 2.53. The normalized spacial score (nSPS) is 10.7. The first-order valence-corrected chi connectivity index (χ1v) is 5.98. The molecule has 0 saturated carbocycles. The highest BCUT2D eigenvalue weighted by atomic mass is 35.5. The van der Waals surface area contributed by atoms with E-state index in [2.05, 4.69) is 10.2 Å². The third-order valence-electron chi connectivity index (χ3n) is 2.29. The van der Waals surface area contributed by atoms with Crippen molar-refractivity contribution >= 4 is 23.4 Å². The number of aromatic nitrogens is 2. The molecule has 1 aromatic heterocycles. The molecule has 0 saturated heterocycles. The number of H-pyrrole nitrogens is 2. The van der Waals surface area contributed by atoms with E-state index in [0.717, 1.165) is 21.0 Å². The summed E-state index contributed by atoms with van der Waals surface area (Å²) in [4.78, 5) is 13.1. The zero-order chi connectivity index (χ0) is 11.7. The summed E-state index contributed by atoms with van der Waals surface area (Å²) in [7, 11) is 0. The third kappa shape index (κ3) is 2.18. The van der Waals surface area contributed by atoms with Crippen LogP contribution in [0.4, 0.5) is 0 Å². The number of benzene rings is 1. The summed E-state index contributed by atoms with van der Waals surface area (Å²) in [5.41, 5.74) is 1.99. The van der Waals surface area contributed by atoms with E-state index in [0.29, 0.717) is 4.90 Å². The van der Waals surface area contributed by atoms with Crippen molar-refractivity contribution < 1.29 is 0 Å². The number of aromatic amines is 2. The molecule has 0 unspecified atom stereocenters. The minimum absolute atomic E-state index is 0.1000. The largest absolute Gasteiger partial charge is 0.304 e. The van der Waals surface area contributed by atoms with Crippen molar-refractivity contribution in [2.75, 3.05) is 0 Å². The molecule has 0 aliphatic rings. The molecule has 2 rings (SSSR count). The van der Waals surface area contributed by atoms with Gasteiger partial charge in [0, 0.05) is 16.1 Å². The summed E-state index contributed by atoms with van der Waals surface area (Å²) in [6.07, 6.45) is 1.66. The molecule has 0 aliphatic carbocycles. The first kappa shape index (κ1) is 11.4. The van der Waals surface area contributed by atoms with E-state index in [1.54, 1.807) is 6.20 Å². The monoisotopic (exact) mass is 254 g/mol. The van der Waals surface area contributed by atoms with Crippen LogP contribution >= 0.6 is 23.4 Å². The predicted molar refractivity (Wildman–Crippen MR) is 66.5 cm³/mol. The minimum Gasteiger partial charge on any atom is -0.304 e. The highest BCUT2D eigenvalue weighted by molar-refractivity contribution is 7.99. The fraction of sp³-hybridized carbons (Fsp3) is 0.182. The van der Waals surface area contributed by atoms with Gasteiger partial charge in [0.05, 0.1) is 4.90 Å². The van der Waals surface area contributed by atoms with Gasteiger partial charge in [-0.05, 0) is 37.1 Å². The Morgan fingerprint density at radius 2 is 1.94 bits per heavy atom. The molecule has 0 amide bonds. The predicted octanol–water partition coefficient (Wildman–Crippen LogP) is 3.12. The van der Waals surface area contributed by atoms with Crippen molar-refractivity contribution in [3.8, 4) is 0 Å². The molecule has 2 aromatic rings. The first-order chi connectivity index (χ1) is 7.58. The lowest BCUT2D eigenvalue weighted by molar-refractivity contribution is 1.05. The van der Waals surface area contributed by atoms with E-state index < -0.39 is 0 Å². The number of aryl methyl sites for hydroxylation is 2. The van der Waals surface area contributed by atoms with Crippen molar-refractivity contribution in [1.82, 2.24) is 10.2 Å². The van der Waals surface area contributed by atoms with Crippen LogP contribution in [0, 0.1) is 13.8 Å². The lowest BCUT2D eigenvalue weighted by Crippen LogP contribution is -2.00. The van der Waals surface area contributed by atoms with E-state index in [-0.39, 0.29) is 5.56 Å². The van der Waals surface area contributed by atoms with Crippen molar-refractivity contribution in [3.63, 3.8) is 0 Å². The van der Waals surface area contributed by atoms with Crippen LogP contribution in [0.25, 0.3) is 0 Å². The smallest absolute Gasteiger partial charge is 0.277 e. The summed E-state index contributed by atoms with van der Waals surface area (Å²) in [5.74, 6) is 0. The van der Waals surface area contributed by atoms with E-state index in [1.807, 2.05) is 26.0 Å². The van der Waals surface area contributed by atoms with Crippen LogP contribution in [0.2, 0.25) is 5.02 Å². The van der Waals surface area contributed by atoms with Gasteiger partial charge >= 0.3 is 0 Å². The molecular weight excluding hydrogens is 244 g/mol. The van der Waals surface area contributed by atoms with Gasteiger partial charge in [-0.2, -0.15) is 0 Å². The van der Waals surface area contributed by atoms with Crippen LogP contribution in [-0.4, -0.2) is 10.2 Å². The van der Waals surface area contributed by atoms with Crippen LogP contribution in [0.1, 0.15) is 11.1 Å². The summed E-state index contributed by atoms with van der Waals surface area (Å²) in [6.45, 7) is 3.93. The Balaban J connectivity index is 2.39. The summed E-state index contributed by atoms with van der Waals surface area (Å²) < 4.78 is 0. The maximum atomic E-state index is 11.4. The molecule has 0 aliphatic heterocycles. The third-order valence-corrected chi connectivity index (χ3v) is 3.88. The number of hydrogen-bond acceptors (Lipinski definition) is 2. The van der Waals surface area contributed by atoms with Gasteiger partial charge in [-0.25, -0.2) is 0 Å². The molecular formula is C11H11ClN2OS. The second-order valence-corrected chi connectivity index (χ2v) is 5.07. The van der Waals surface area contributed by atoms with E-state index in [4.69, 9.17) is 11.6 Å². The van der Waals surface area contributed by atoms with Crippen molar-refractivity contribution in [1.29, 1.82) is 0 Å². The second-order valence-electron chi connectivity index (χ2n) is 3.58. The molecule has 84 valence electrons. The second kappa shape index (κ2) is 4.39. The molecule has 3 nitrogen and oxygen atoms in total. The molecule has 1 heterocycles. The highest BCUT2D eigenvalue weighted by Gasteiger charge is 2.07. The lowest BCUT2D eigenvalue weighted by Gasteiger charge is -2.06. The van der Waals surface area contributed by atoms with Crippen LogP contribution in [0.5, 0.6) is 0 Å². The standard InChI is InChI=1S/C11H11ClN2OS/c1-6-4-9(7(2)3-8(6)12)16-10-5-13-14-11(10)15/h3-5H,1-2H3,(H2,13,14,15). The van der Waals surface area contributed by atoms with E-state index in [1.165, 1.54) is 11.8 Å². The Morgan fingerprint density at radius 1 is 1.19 bits per heavy atom. The van der Waals surface area contributed by atoms with Crippen molar-refractivity contribution in [2.45, 2.75) is 23.6 Å². The summed E-state index contributed by atoms with van der Waals surface area (Å²) >= 11 is 7.45. The van der Waals surface area contributed by atoms with Crippen molar-refractivity contribution in [2.24, 2.45) is 0 Å². The van der Waals surface area contributed by atoms with Gasteiger partial charge in [0.2, 0.25) is 0 Å². The quantitative estimate of drug-likeness (QED) is 0.865. The molecule has 0 fully saturated rings. The summed E-state index contributed by atoms with van der Waals surface area (Å²) in [6, 6.07) is 3.91. The van der Waals surface area contributed by atoms with Crippen LogP contribution in [-0.2, 0) is 0 Å². The number of hydrogen-bond donors (Lipinski definition) is 2. The topological polar surface area (TPSA) is 48.6 Å². The number of rotatable bonds is 2. The Labute approximate surface area is 102 Å². The van der Waals surface area contributed by atoms with Crippen molar-refractivity contribution in [3.05, 3.63) is 44.8 Å². The average molecular weight is 255 g/mol. The zero-order valence-corrected chi connectivity index (χ0v) is 10.5. The van der Waals surface area contributed by atoms with Gasteiger partial charge in [-0.3, -0.25) is 9.89 Å². The number of nitrogens with one attached hydrogen (secondary N) is 2. The molecule has 0 bridgehead atoms. The minimum atomic E-state index is -0.1000. The molecule has 0 radical (unpaired) electrons. The highest BCUT2D eigenvalue weighted by Crippen LogP contribution is 2.31. The molecule has 16 heavy (non-hydrogen) atoms. The Bertz CT molecular complexity index is 574. The van der Waals surface area contributed by atoms with Gasteiger partial charge in [0.25, 0.3) is 5.56 Å². The molecule has 0 atom stereocenters. The van der Waals surface area contributed by atoms with Gasteiger partial charge in [-0.1, -0.05) is 23.4 Å². The maximum Gasteiger partial charge on any atom is 0.277 e. The first-order valence-electron chi connectivity index (χ1n) is 4.78. The van der Waals surface area contributed by atoms with Gasteiger partial charge in [0.1, 0.15) is 0 Å². The van der Waals surface area contributed by atoms with E-state index in [9.17, 15) is 4.79 Å². The van der Waals surface area contributed by atoms with Crippen LogP contribution in [0.3, 0.4) is 0 Å². The molecule has 2 N–H and O–H groups in total. The van der Waals surface area contributed by atoms with Gasteiger partial charge < -0.3 is 5.10 Å². The van der Waals surface area contributed by atoms with E-state index >= 15 is 0 Å². The Kier molecular flexibility index (Phi) is 3.12. The number of halogens is 1.